The van der Waals surface area contributed by atoms with Gasteiger partial charge in [0, 0.05) is 6.54 Å². The van der Waals surface area contributed by atoms with E-state index in [1.807, 2.05) is 6.34 Å². The number of hydrogen-bond donors (Lipinski definition) is 0. The second-order valence-corrected chi connectivity index (χ2v) is 4.39. The molecule has 0 saturated heterocycles. The van der Waals surface area contributed by atoms with Crippen LogP contribution in [0.25, 0.3) is 0 Å². The second kappa shape index (κ2) is 3.95. The van der Waals surface area contributed by atoms with Gasteiger partial charge in [-0.3, -0.25) is 4.99 Å². The fourth-order valence-electron chi connectivity index (χ4n) is 2.54. The van der Waals surface area contributed by atoms with Gasteiger partial charge in [0.1, 0.15) is 0 Å². The molecule has 1 aromatic rings. The lowest BCUT2D eigenvalue weighted by Crippen LogP contribution is -2.34. The first-order valence-electron chi connectivity index (χ1n) is 5.84. The Morgan fingerprint density at radius 3 is 2.65 bits per heavy atom. The Kier molecular flexibility index (Phi) is 2.42. The van der Waals surface area contributed by atoms with Crippen molar-refractivity contribution < 1.29 is 9.47 Å². The Morgan fingerprint density at radius 2 is 2.00 bits per heavy atom. The molecule has 1 aliphatic carbocycles. The van der Waals surface area contributed by atoms with Gasteiger partial charge in [0.05, 0.1) is 33.1 Å². The van der Waals surface area contributed by atoms with Crippen molar-refractivity contribution in [2.45, 2.75) is 12.5 Å². The molecule has 0 bridgehead atoms. The van der Waals surface area contributed by atoms with E-state index in [4.69, 9.17) is 9.47 Å². The van der Waals surface area contributed by atoms with Crippen LogP contribution in [0.3, 0.4) is 0 Å². The molecule has 0 radical (unpaired) electrons. The summed E-state index contributed by atoms with van der Waals surface area (Å²) in [5.74, 6) is 1.63. The summed E-state index contributed by atoms with van der Waals surface area (Å²) in [4.78, 5) is 6.56. The largest absolute Gasteiger partial charge is 0.493 e. The molecule has 1 aromatic carbocycles. The van der Waals surface area contributed by atoms with Gasteiger partial charge < -0.3 is 14.4 Å². The number of ether oxygens (including phenoxy) is 2. The smallest absolute Gasteiger partial charge is 0.161 e. The molecule has 0 N–H and O–H groups in total. The van der Waals surface area contributed by atoms with Crippen molar-refractivity contribution in [2.24, 2.45) is 4.99 Å². The van der Waals surface area contributed by atoms with E-state index in [1.54, 1.807) is 14.2 Å². The quantitative estimate of drug-likeness (QED) is 0.794. The van der Waals surface area contributed by atoms with E-state index in [9.17, 15) is 0 Å². The van der Waals surface area contributed by atoms with Gasteiger partial charge in [0.2, 0.25) is 0 Å². The average molecular weight is 232 g/mol. The number of aliphatic imine (C=N–C) groups is 1. The second-order valence-electron chi connectivity index (χ2n) is 4.39. The van der Waals surface area contributed by atoms with Crippen LogP contribution in [0, 0.1) is 0 Å². The molecule has 0 spiro atoms. The van der Waals surface area contributed by atoms with Gasteiger partial charge in [-0.1, -0.05) is 0 Å². The SMILES string of the molecule is COc1cc2c(cc1OC)C(N1C=NCC1)C2. The summed E-state index contributed by atoms with van der Waals surface area (Å²) in [6.45, 7) is 1.94. The molecule has 0 saturated carbocycles. The minimum absolute atomic E-state index is 0.469. The van der Waals surface area contributed by atoms with Crippen LogP contribution in [0.5, 0.6) is 11.5 Å². The molecule has 4 nitrogen and oxygen atoms in total. The Morgan fingerprint density at radius 1 is 1.24 bits per heavy atom. The summed E-state index contributed by atoms with van der Waals surface area (Å²) in [5, 5.41) is 0. The molecule has 0 amide bonds. The molecule has 1 unspecified atom stereocenters. The van der Waals surface area contributed by atoms with Crippen molar-refractivity contribution in [3.05, 3.63) is 23.3 Å². The van der Waals surface area contributed by atoms with Gasteiger partial charge >= 0.3 is 0 Å². The molecule has 2 aliphatic rings. The standard InChI is InChI=1S/C13H16N2O2/c1-16-12-6-9-5-11(15-4-3-14-8-15)10(9)7-13(12)17-2/h6-8,11H,3-5H2,1-2H3. The van der Waals surface area contributed by atoms with Crippen molar-refractivity contribution >= 4 is 6.34 Å². The highest BCUT2D eigenvalue weighted by atomic mass is 16.5. The van der Waals surface area contributed by atoms with E-state index < -0.39 is 0 Å². The van der Waals surface area contributed by atoms with Crippen LogP contribution in [0.4, 0.5) is 0 Å². The Labute approximate surface area is 101 Å². The third-order valence-electron chi connectivity index (χ3n) is 3.54. The molecular formula is C13H16N2O2. The number of hydrogen-bond acceptors (Lipinski definition) is 4. The van der Waals surface area contributed by atoms with Crippen molar-refractivity contribution in [1.29, 1.82) is 0 Å². The van der Waals surface area contributed by atoms with E-state index in [2.05, 4.69) is 22.0 Å². The van der Waals surface area contributed by atoms with Crippen LogP contribution in [0.2, 0.25) is 0 Å². The van der Waals surface area contributed by atoms with E-state index in [-0.39, 0.29) is 0 Å². The summed E-state index contributed by atoms with van der Waals surface area (Å²) >= 11 is 0. The number of methoxy groups -OCH3 is 2. The molecule has 4 heteroatoms. The lowest BCUT2D eigenvalue weighted by molar-refractivity contribution is 0.308. The Hall–Kier alpha value is -1.71. The lowest BCUT2D eigenvalue weighted by Gasteiger charge is -2.37. The van der Waals surface area contributed by atoms with Gasteiger partial charge in [0.25, 0.3) is 0 Å². The van der Waals surface area contributed by atoms with Crippen LogP contribution in [-0.4, -0.2) is 38.5 Å². The minimum Gasteiger partial charge on any atom is -0.493 e. The molecule has 1 atom stereocenters. The summed E-state index contributed by atoms with van der Waals surface area (Å²) in [6.07, 6.45) is 3.03. The van der Waals surface area contributed by atoms with E-state index >= 15 is 0 Å². The van der Waals surface area contributed by atoms with Crippen molar-refractivity contribution in [3.8, 4) is 11.5 Å². The zero-order valence-corrected chi connectivity index (χ0v) is 10.1. The normalized spacial score (nSPS) is 21.1. The van der Waals surface area contributed by atoms with Crippen LogP contribution >= 0.6 is 0 Å². The summed E-state index contributed by atoms with van der Waals surface area (Å²) in [7, 11) is 3.35. The lowest BCUT2D eigenvalue weighted by atomic mass is 9.82. The molecule has 1 aliphatic heterocycles. The van der Waals surface area contributed by atoms with E-state index in [0.717, 1.165) is 31.0 Å². The Balaban J connectivity index is 1.91. The van der Waals surface area contributed by atoms with Gasteiger partial charge in [-0.2, -0.15) is 0 Å². The van der Waals surface area contributed by atoms with E-state index in [0.29, 0.717) is 6.04 Å². The predicted molar refractivity (Wildman–Crippen MR) is 66.1 cm³/mol. The minimum atomic E-state index is 0.469. The monoisotopic (exact) mass is 232 g/mol. The topological polar surface area (TPSA) is 34.1 Å². The van der Waals surface area contributed by atoms with Crippen LogP contribution in [-0.2, 0) is 6.42 Å². The van der Waals surface area contributed by atoms with Crippen LogP contribution in [0.15, 0.2) is 17.1 Å². The zero-order valence-electron chi connectivity index (χ0n) is 10.1. The molecule has 3 rings (SSSR count). The zero-order chi connectivity index (χ0) is 11.8. The fraction of sp³-hybridized carbons (Fsp3) is 0.462. The number of nitrogens with zero attached hydrogens (tertiary/aromatic N) is 2. The summed E-state index contributed by atoms with van der Waals surface area (Å²) < 4.78 is 10.6. The number of rotatable bonds is 3. The number of benzene rings is 1. The fourth-order valence-corrected chi connectivity index (χ4v) is 2.54. The summed E-state index contributed by atoms with van der Waals surface area (Å²) in [6, 6.07) is 4.64. The third kappa shape index (κ3) is 1.55. The summed E-state index contributed by atoms with van der Waals surface area (Å²) in [5.41, 5.74) is 2.70. The molecule has 17 heavy (non-hydrogen) atoms. The maximum Gasteiger partial charge on any atom is 0.161 e. The average Bonchev–Trinajstić information content (AvgIpc) is 2.84. The Bertz CT molecular complexity index is 471. The van der Waals surface area contributed by atoms with Crippen molar-refractivity contribution in [1.82, 2.24) is 4.90 Å². The van der Waals surface area contributed by atoms with Gasteiger partial charge in [-0.25, -0.2) is 0 Å². The first kappa shape index (κ1) is 10.4. The van der Waals surface area contributed by atoms with Crippen LogP contribution in [0.1, 0.15) is 17.2 Å². The molecule has 0 aromatic heterocycles. The molecule has 1 heterocycles. The molecule has 0 fully saturated rings. The highest BCUT2D eigenvalue weighted by Gasteiger charge is 2.32. The number of fused-ring (bicyclic) bond motifs is 1. The molecular weight excluding hydrogens is 216 g/mol. The first-order chi connectivity index (χ1) is 8.33. The van der Waals surface area contributed by atoms with Gasteiger partial charge in [-0.05, 0) is 29.7 Å². The van der Waals surface area contributed by atoms with E-state index in [1.165, 1.54) is 11.1 Å². The van der Waals surface area contributed by atoms with Crippen LogP contribution < -0.4 is 9.47 Å². The van der Waals surface area contributed by atoms with Crippen molar-refractivity contribution in [3.63, 3.8) is 0 Å². The first-order valence-corrected chi connectivity index (χ1v) is 5.84. The van der Waals surface area contributed by atoms with Crippen molar-refractivity contribution in [2.75, 3.05) is 27.3 Å². The van der Waals surface area contributed by atoms with Gasteiger partial charge in [-0.15, -0.1) is 0 Å². The predicted octanol–water partition coefficient (Wildman–Crippen LogP) is 1.64. The maximum absolute atomic E-state index is 5.34. The maximum atomic E-state index is 5.34. The highest BCUT2D eigenvalue weighted by molar-refractivity contribution is 5.61. The highest BCUT2D eigenvalue weighted by Crippen LogP contribution is 2.43. The van der Waals surface area contributed by atoms with Gasteiger partial charge in [0.15, 0.2) is 11.5 Å². The molecule has 90 valence electrons. The third-order valence-corrected chi connectivity index (χ3v) is 3.54.